The van der Waals surface area contributed by atoms with Crippen molar-refractivity contribution >= 4 is 16.9 Å². The Morgan fingerprint density at radius 2 is 1.91 bits per heavy atom. The molecule has 3 N–H and O–H groups in total. The predicted molar refractivity (Wildman–Crippen MR) is 125 cm³/mol. The first kappa shape index (κ1) is 20.9. The van der Waals surface area contributed by atoms with Crippen molar-refractivity contribution in [3.05, 3.63) is 66.5 Å². The summed E-state index contributed by atoms with van der Waals surface area (Å²) in [7, 11) is 0. The molecule has 0 amide bonds. The smallest absolute Gasteiger partial charge is 0.255 e. The van der Waals surface area contributed by atoms with Crippen LogP contribution in [0.15, 0.2) is 26.1 Å². The van der Waals surface area contributed by atoms with Crippen LogP contribution in [0.5, 0.6) is 0 Å². The lowest BCUT2D eigenvalue weighted by atomic mass is 9.88. The van der Waals surface area contributed by atoms with Gasteiger partial charge in [0.15, 0.2) is 11.3 Å². The van der Waals surface area contributed by atoms with Gasteiger partial charge in [0, 0.05) is 32.0 Å². The van der Waals surface area contributed by atoms with Gasteiger partial charge < -0.3 is 15.1 Å². The Morgan fingerprint density at radius 1 is 1.16 bits per heavy atom. The lowest BCUT2D eigenvalue weighted by molar-refractivity contribution is 0.239. The SMILES string of the molecule is Cc1cc2oc(N)c(CN3CCc4nc(C5CCCCC5)[nH]c(=O)c4C3)c(=O)c2cc1C. The topological polar surface area (TPSA) is 105 Å². The maximum atomic E-state index is 13.2. The summed E-state index contributed by atoms with van der Waals surface area (Å²) in [5, 5.41) is 0.548. The molecule has 1 aliphatic heterocycles. The minimum Gasteiger partial charge on any atom is -0.440 e. The summed E-state index contributed by atoms with van der Waals surface area (Å²) in [5.41, 5.74) is 10.7. The van der Waals surface area contributed by atoms with Crippen molar-refractivity contribution in [2.45, 2.75) is 71.4 Å². The fourth-order valence-electron chi connectivity index (χ4n) is 5.08. The van der Waals surface area contributed by atoms with E-state index in [1.807, 2.05) is 26.0 Å². The number of H-pyrrole nitrogens is 1. The van der Waals surface area contributed by atoms with E-state index >= 15 is 0 Å². The number of rotatable bonds is 3. The Bertz CT molecular complexity index is 1300. The van der Waals surface area contributed by atoms with Crippen molar-refractivity contribution in [2.75, 3.05) is 12.3 Å². The molecule has 1 aromatic carbocycles. The Morgan fingerprint density at radius 3 is 2.69 bits per heavy atom. The summed E-state index contributed by atoms with van der Waals surface area (Å²) >= 11 is 0. The van der Waals surface area contributed by atoms with Gasteiger partial charge in [-0.25, -0.2) is 4.98 Å². The third-order valence-electron chi connectivity index (χ3n) is 7.17. The molecule has 0 saturated heterocycles. The number of hydrogen-bond acceptors (Lipinski definition) is 6. The van der Waals surface area contributed by atoms with E-state index in [0.717, 1.165) is 42.0 Å². The number of nitrogens with zero attached hydrogens (tertiary/aromatic N) is 2. The lowest BCUT2D eigenvalue weighted by Gasteiger charge is -2.29. The molecule has 7 nitrogen and oxygen atoms in total. The number of fused-ring (bicyclic) bond motifs is 2. The average molecular weight is 435 g/mol. The maximum absolute atomic E-state index is 13.2. The summed E-state index contributed by atoms with van der Waals surface area (Å²) in [6.45, 7) is 5.48. The standard InChI is InChI=1S/C25H30N4O3/c1-14-10-17-21(11-15(14)2)32-23(26)19(22(17)30)13-29-9-8-20-18(12-29)25(31)28-24(27-20)16-6-4-3-5-7-16/h10-11,16H,3-9,12-13,26H2,1-2H3,(H,27,28,31). The van der Waals surface area contributed by atoms with Crippen LogP contribution in [0.4, 0.5) is 5.88 Å². The van der Waals surface area contributed by atoms with Crippen LogP contribution in [0.2, 0.25) is 0 Å². The fourth-order valence-corrected chi connectivity index (χ4v) is 5.08. The van der Waals surface area contributed by atoms with E-state index in [4.69, 9.17) is 15.1 Å². The van der Waals surface area contributed by atoms with E-state index in [1.165, 1.54) is 19.3 Å². The third kappa shape index (κ3) is 3.75. The van der Waals surface area contributed by atoms with Crippen LogP contribution in [0.25, 0.3) is 11.0 Å². The maximum Gasteiger partial charge on any atom is 0.255 e. The second-order valence-corrected chi connectivity index (χ2v) is 9.38. The molecule has 1 saturated carbocycles. The third-order valence-corrected chi connectivity index (χ3v) is 7.17. The van der Waals surface area contributed by atoms with Crippen molar-refractivity contribution in [3.8, 4) is 0 Å². The number of hydrogen-bond donors (Lipinski definition) is 2. The largest absolute Gasteiger partial charge is 0.440 e. The van der Waals surface area contributed by atoms with Gasteiger partial charge in [0.1, 0.15) is 11.4 Å². The number of aromatic nitrogens is 2. The molecule has 32 heavy (non-hydrogen) atoms. The zero-order valence-corrected chi connectivity index (χ0v) is 18.8. The number of nitrogens with two attached hydrogens (primary N) is 1. The van der Waals surface area contributed by atoms with Crippen LogP contribution in [-0.2, 0) is 19.5 Å². The van der Waals surface area contributed by atoms with E-state index in [2.05, 4.69) is 9.88 Å². The molecular weight excluding hydrogens is 404 g/mol. The summed E-state index contributed by atoms with van der Waals surface area (Å²) < 4.78 is 5.80. The van der Waals surface area contributed by atoms with Crippen molar-refractivity contribution in [1.29, 1.82) is 0 Å². The number of benzene rings is 1. The molecule has 168 valence electrons. The Kier molecular flexibility index (Phi) is 5.37. The molecule has 2 aromatic heterocycles. The zero-order valence-electron chi connectivity index (χ0n) is 18.8. The highest BCUT2D eigenvalue weighted by molar-refractivity contribution is 5.80. The van der Waals surface area contributed by atoms with Crippen LogP contribution >= 0.6 is 0 Å². The van der Waals surface area contributed by atoms with E-state index in [-0.39, 0.29) is 16.9 Å². The first-order chi connectivity index (χ1) is 15.4. The van der Waals surface area contributed by atoms with Gasteiger partial charge in [-0.2, -0.15) is 0 Å². The zero-order chi connectivity index (χ0) is 22.4. The molecule has 1 aliphatic carbocycles. The second kappa shape index (κ2) is 8.20. The second-order valence-electron chi connectivity index (χ2n) is 9.38. The number of aromatic amines is 1. The molecule has 0 radical (unpaired) electrons. The minimum absolute atomic E-state index is 0.0510. The molecule has 2 aliphatic rings. The monoisotopic (exact) mass is 434 g/mol. The molecule has 3 aromatic rings. The quantitative estimate of drug-likeness (QED) is 0.651. The van der Waals surface area contributed by atoms with Crippen molar-refractivity contribution < 1.29 is 4.42 Å². The average Bonchev–Trinajstić information content (AvgIpc) is 2.79. The first-order valence-corrected chi connectivity index (χ1v) is 11.6. The molecule has 0 unspecified atom stereocenters. The van der Waals surface area contributed by atoms with Crippen LogP contribution in [0.3, 0.4) is 0 Å². The number of aryl methyl sites for hydroxylation is 2. The summed E-state index contributed by atoms with van der Waals surface area (Å²) in [5.74, 6) is 1.37. The molecule has 7 heteroatoms. The molecule has 5 rings (SSSR count). The normalized spacial score (nSPS) is 17.6. The van der Waals surface area contributed by atoms with Crippen LogP contribution in [0.1, 0.15) is 71.8 Å². The number of nitrogen functional groups attached to an aromatic ring is 1. The van der Waals surface area contributed by atoms with Gasteiger partial charge in [0.2, 0.25) is 0 Å². The van der Waals surface area contributed by atoms with E-state index < -0.39 is 0 Å². The van der Waals surface area contributed by atoms with E-state index in [1.54, 1.807) is 0 Å². The molecule has 3 heterocycles. The van der Waals surface area contributed by atoms with Gasteiger partial charge in [-0.3, -0.25) is 14.5 Å². The molecule has 1 fully saturated rings. The Balaban J connectivity index is 1.42. The van der Waals surface area contributed by atoms with Crippen molar-refractivity contribution in [2.24, 2.45) is 0 Å². The van der Waals surface area contributed by atoms with Gasteiger partial charge in [-0.1, -0.05) is 19.3 Å². The fraction of sp³-hybridized carbons (Fsp3) is 0.480. The summed E-state index contributed by atoms with van der Waals surface area (Å²) in [6.07, 6.45) is 6.57. The predicted octanol–water partition coefficient (Wildman–Crippen LogP) is 3.68. The Hall–Kier alpha value is -2.93. The van der Waals surface area contributed by atoms with Gasteiger partial charge >= 0.3 is 0 Å². The van der Waals surface area contributed by atoms with Gasteiger partial charge in [0.25, 0.3) is 5.56 Å². The van der Waals surface area contributed by atoms with Crippen molar-refractivity contribution in [3.63, 3.8) is 0 Å². The van der Waals surface area contributed by atoms with Crippen LogP contribution in [-0.4, -0.2) is 21.4 Å². The number of nitrogens with one attached hydrogen (secondary N) is 1. The van der Waals surface area contributed by atoms with Gasteiger partial charge in [0.05, 0.1) is 22.2 Å². The first-order valence-electron chi connectivity index (χ1n) is 11.6. The highest BCUT2D eigenvalue weighted by atomic mass is 16.3. The number of anilines is 1. The highest BCUT2D eigenvalue weighted by Gasteiger charge is 2.26. The summed E-state index contributed by atoms with van der Waals surface area (Å²) in [6, 6.07) is 3.73. The van der Waals surface area contributed by atoms with Gasteiger partial charge in [-0.05, 0) is 49.9 Å². The summed E-state index contributed by atoms with van der Waals surface area (Å²) in [4.78, 5) is 36.0. The molecular formula is C25H30N4O3. The van der Waals surface area contributed by atoms with Gasteiger partial charge in [-0.15, -0.1) is 0 Å². The lowest BCUT2D eigenvalue weighted by Crippen LogP contribution is -2.37. The van der Waals surface area contributed by atoms with E-state index in [9.17, 15) is 9.59 Å². The Labute approximate surface area is 186 Å². The molecule has 0 spiro atoms. The molecule has 0 bridgehead atoms. The van der Waals surface area contributed by atoms with Crippen LogP contribution in [0, 0.1) is 13.8 Å². The minimum atomic E-state index is -0.0997. The van der Waals surface area contributed by atoms with Crippen LogP contribution < -0.4 is 16.7 Å². The molecule has 0 atom stereocenters. The highest BCUT2D eigenvalue weighted by Crippen LogP contribution is 2.31. The van der Waals surface area contributed by atoms with E-state index in [0.29, 0.717) is 47.5 Å². The van der Waals surface area contributed by atoms with Crippen molar-refractivity contribution in [1.82, 2.24) is 14.9 Å².